The van der Waals surface area contributed by atoms with Gasteiger partial charge in [0, 0.05) is 0 Å². The predicted molar refractivity (Wildman–Crippen MR) is 160 cm³/mol. The van der Waals surface area contributed by atoms with E-state index in [1.807, 2.05) is 50.2 Å². The SMILES string of the molecule is Cc1cc(C)cc(COc2ccc(C=C3C(=O)N(c4ccccc4)C(=S)N(c4ccccc4)C3=O)cc2Cl)c1. The Morgan fingerprint density at radius 3 is 1.82 bits per heavy atom. The van der Waals surface area contributed by atoms with Crippen LogP contribution < -0.4 is 14.5 Å². The quantitative estimate of drug-likeness (QED) is 0.143. The Morgan fingerprint density at radius 1 is 0.769 bits per heavy atom. The summed E-state index contributed by atoms with van der Waals surface area (Å²) in [5.41, 5.74) is 5.07. The van der Waals surface area contributed by atoms with Crippen molar-refractivity contribution in [2.45, 2.75) is 20.5 Å². The summed E-state index contributed by atoms with van der Waals surface area (Å²) in [5.74, 6) is -0.499. The molecule has 4 aromatic carbocycles. The van der Waals surface area contributed by atoms with Crippen molar-refractivity contribution in [1.82, 2.24) is 0 Å². The first-order valence-corrected chi connectivity index (χ1v) is 13.1. The molecule has 0 N–H and O–H groups in total. The van der Waals surface area contributed by atoms with Gasteiger partial charge < -0.3 is 4.74 Å². The number of hydrogen-bond acceptors (Lipinski definition) is 4. The van der Waals surface area contributed by atoms with E-state index in [0.717, 1.165) is 16.7 Å². The molecule has 7 heteroatoms. The molecule has 1 heterocycles. The standard InChI is InChI=1S/C32H25ClN2O3S/c1-21-15-22(2)17-24(16-21)20-38-29-14-13-23(19-28(29)33)18-27-30(36)34(25-9-5-3-6-10-25)32(39)35(31(27)37)26-11-7-4-8-12-26/h3-19H,20H2,1-2H3. The molecule has 1 saturated heterocycles. The molecule has 1 aliphatic heterocycles. The Hall–Kier alpha value is -4.26. The minimum Gasteiger partial charge on any atom is -0.487 e. The van der Waals surface area contributed by atoms with Crippen LogP contribution in [0.25, 0.3) is 6.08 Å². The second-order valence-electron chi connectivity index (χ2n) is 9.27. The van der Waals surface area contributed by atoms with Crippen LogP contribution in [0.15, 0.2) is 103 Å². The molecule has 0 aromatic heterocycles. The number of carbonyl (C=O) groups is 2. The molecular weight excluding hydrogens is 528 g/mol. The first-order chi connectivity index (χ1) is 18.8. The fraction of sp³-hybridized carbons (Fsp3) is 0.0938. The van der Waals surface area contributed by atoms with Crippen molar-refractivity contribution in [3.63, 3.8) is 0 Å². The predicted octanol–water partition coefficient (Wildman–Crippen LogP) is 7.28. The number of thiocarbonyl (C=S) groups is 1. The molecular formula is C32H25ClN2O3S. The molecule has 0 aliphatic carbocycles. The van der Waals surface area contributed by atoms with E-state index in [0.29, 0.717) is 34.3 Å². The van der Waals surface area contributed by atoms with Gasteiger partial charge in [-0.15, -0.1) is 0 Å². The topological polar surface area (TPSA) is 49.9 Å². The number of aryl methyl sites for hydroxylation is 2. The summed E-state index contributed by atoms with van der Waals surface area (Å²) in [7, 11) is 0. The minimum atomic E-state index is -0.505. The molecule has 0 bridgehead atoms. The Labute approximate surface area is 237 Å². The summed E-state index contributed by atoms with van der Waals surface area (Å²) in [6.45, 7) is 4.46. The van der Waals surface area contributed by atoms with Gasteiger partial charge in [-0.2, -0.15) is 0 Å². The number of nitrogens with zero attached hydrogens (tertiary/aromatic N) is 2. The van der Waals surface area contributed by atoms with E-state index in [9.17, 15) is 9.59 Å². The average Bonchev–Trinajstić information content (AvgIpc) is 2.91. The average molecular weight is 553 g/mol. The van der Waals surface area contributed by atoms with Crippen LogP contribution in [0.2, 0.25) is 5.02 Å². The van der Waals surface area contributed by atoms with Gasteiger partial charge in [-0.3, -0.25) is 19.4 Å². The van der Waals surface area contributed by atoms with E-state index in [4.69, 9.17) is 28.6 Å². The van der Waals surface area contributed by atoms with Crippen molar-refractivity contribution >= 4 is 58.2 Å². The van der Waals surface area contributed by atoms with Crippen LogP contribution in [-0.2, 0) is 16.2 Å². The highest BCUT2D eigenvalue weighted by molar-refractivity contribution is 7.81. The summed E-state index contributed by atoms with van der Waals surface area (Å²) in [6, 6.07) is 29.5. The molecule has 0 saturated carbocycles. The fourth-order valence-electron chi connectivity index (χ4n) is 4.54. The van der Waals surface area contributed by atoms with Crippen molar-refractivity contribution in [2.75, 3.05) is 9.80 Å². The lowest BCUT2D eigenvalue weighted by Crippen LogP contribution is -2.56. The van der Waals surface area contributed by atoms with Gasteiger partial charge in [-0.1, -0.05) is 83.4 Å². The number of carbonyl (C=O) groups excluding carboxylic acids is 2. The van der Waals surface area contributed by atoms with Crippen molar-refractivity contribution in [1.29, 1.82) is 0 Å². The smallest absolute Gasteiger partial charge is 0.270 e. The van der Waals surface area contributed by atoms with E-state index in [-0.39, 0.29) is 10.7 Å². The van der Waals surface area contributed by atoms with Crippen LogP contribution in [0, 0.1) is 13.8 Å². The third-order valence-corrected chi connectivity index (χ3v) is 6.88. The lowest BCUT2D eigenvalue weighted by Gasteiger charge is -2.36. The minimum absolute atomic E-state index is 0.0312. The molecule has 0 unspecified atom stereocenters. The molecule has 5 rings (SSSR count). The van der Waals surface area contributed by atoms with E-state index in [2.05, 4.69) is 18.2 Å². The van der Waals surface area contributed by atoms with Gasteiger partial charge in [0.05, 0.1) is 16.4 Å². The van der Waals surface area contributed by atoms with Gasteiger partial charge in [0.2, 0.25) is 0 Å². The molecule has 1 aliphatic rings. The summed E-state index contributed by atoms with van der Waals surface area (Å²) in [5, 5.41) is 0.465. The van der Waals surface area contributed by atoms with Crippen LogP contribution in [-0.4, -0.2) is 16.9 Å². The second-order valence-corrected chi connectivity index (χ2v) is 10.0. The van der Waals surface area contributed by atoms with Gasteiger partial charge in [0.25, 0.3) is 11.8 Å². The van der Waals surface area contributed by atoms with E-state index < -0.39 is 11.8 Å². The highest BCUT2D eigenvalue weighted by atomic mass is 35.5. The van der Waals surface area contributed by atoms with Gasteiger partial charge in [-0.05, 0) is 79.7 Å². The number of amides is 2. The summed E-state index contributed by atoms with van der Waals surface area (Å²) in [4.78, 5) is 30.1. The number of rotatable bonds is 6. The van der Waals surface area contributed by atoms with Crippen LogP contribution in [0.4, 0.5) is 11.4 Å². The Bertz CT molecular complexity index is 1520. The summed E-state index contributed by atoms with van der Waals surface area (Å²) < 4.78 is 5.96. The molecule has 4 aromatic rings. The van der Waals surface area contributed by atoms with Gasteiger partial charge >= 0.3 is 0 Å². The maximum Gasteiger partial charge on any atom is 0.270 e. The second kappa shape index (κ2) is 11.2. The van der Waals surface area contributed by atoms with Gasteiger partial charge in [0.1, 0.15) is 17.9 Å². The largest absolute Gasteiger partial charge is 0.487 e. The number of para-hydroxylation sites is 2. The highest BCUT2D eigenvalue weighted by Gasteiger charge is 2.41. The van der Waals surface area contributed by atoms with Crippen LogP contribution in [0.1, 0.15) is 22.3 Å². The Balaban J connectivity index is 1.47. The first kappa shape index (κ1) is 26.4. The monoisotopic (exact) mass is 552 g/mol. The molecule has 1 fully saturated rings. The third kappa shape index (κ3) is 5.62. The lowest BCUT2D eigenvalue weighted by molar-refractivity contribution is -0.120. The Morgan fingerprint density at radius 2 is 1.31 bits per heavy atom. The number of anilines is 2. The van der Waals surface area contributed by atoms with Crippen molar-refractivity contribution in [3.8, 4) is 5.75 Å². The summed E-state index contributed by atoms with van der Waals surface area (Å²) >= 11 is 12.2. The zero-order valence-corrected chi connectivity index (χ0v) is 23.0. The molecule has 0 atom stereocenters. The number of benzene rings is 4. The van der Waals surface area contributed by atoms with Gasteiger partial charge in [0.15, 0.2) is 5.11 Å². The molecule has 39 heavy (non-hydrogen) atoms. The van der Waals surface area contributed by atoms with E-state index in [1.165, 1.54) is 15.9 Å². The zero-order chi connectivity index (χ0) is 27.5. The van der Waals surface area contributed by atoms with Crippen molar-refractivity contribution < 1.29 is 14.3 Å². The number of halogens is 1. The molecule has 0 spiro atoms. The normalized spacial score (nSPS) is 13.6. The van der Waals surface area contributed by atoms with Crippen LogP contribution in [0.3, 0.4) is 0 Å². The van der Waals surface area contributed by atoms with E-state index >= 15 is 0 Å². The van der Waals surface area contributed by atoms with Crippen molar-refractivity contribution in [3.05, 3.63) is 130 Å². The number of hydrogen-bond donors (Lipinski definition) is 0. The highest BCUT2D eigenvalue weighted by Crippen LogP contribution is 2.32. The maximum atomic E-state index is 13.7. The fourth-order valence-corrected chi connectivity index (χ4v) is 5.16. The summed E-state index contributed by atoms with van der Waals surface area (Å²) in [6.07, 6.45) is 1.54. The van der Waals surface area contributed by atoms with Gasteiger partial charge in [-0.25, -0.2) is 0 Å². The third-order valence-electron chi connectivity index (χ3n) is 6.22. The van der Waals surface area contributed by atoms with E-state index in [1.54, 1.807) is 42.5 Å². The zero-order valence-electron chi connectivity index (χ0n) is 21.4. The maximum absolute atomic E-state index is 13.7. The molecule has 0 radical (unpaired) electrons. The Kier molecular flexibility index (Phi) is 7.59. The van der Waals surface area contributed by atoms with Crippen LogP contribution in [0.5, 0.6) is 5.75 Å². The van der Waals surface area contributed by atoms with Crippen LogP contribution >= 0.6 is 23.8 Å². The molecule has 194 valence electrons. The lowest BCUT2D eigenvalue weighted by atomic mass is 10.0. The first-order valence-electron chi connectivity index (χ1n) is 12.4. The molecule has 5 nitrogen and oxygen atoms in total. The molecule has 2 amide bonds. The number of ether oxygens (including phenoxy) is 1. The van der Waals surface area contributed by atoms with Crippen molar-refractivity contribution in [2.24, 2.45) is 0 Å².